The van der Waals surface area contributed by atoms with Crippen molar-refractivity contribution >= 4 is 35.6 Å². The molecule has 0 rings (SSSR count). The molecule has 0 saturated heterocycles. The molecular formula is C24H50N12O5. The summed E-state index contributed by atoms with van der Waals surface area (Å²) in [6, 6.07) is -4.22. The van der Waals surface area contributed by atoms with Crippen LogP contribution in [0.1, 0.15) is 64.2 Å². The fourth-order valence-corrected chi connectivity index (χ4v) is 3.81. The SMILES string of the molecule is N=C(N)NCCC[C@H](NC(=O)[C@H](CCCCN)NC(=O)[C@@H](N)CCCNC(=N)N)C(=O)N[C@@H](CCCCN)C(=O)O. The monoisotopic (exact) mass is 586 g/mol. The van der Waals surface area contributed by atoms with Gasteiger partial charge < -0.3 is 60.4 Å². The quantitative estimate of drug-likeness (QED) is 0.0317. The number of nitrogens with two attached hydrogens (primary N) is 5. The van der Waals surface area contributed by atoms with Crippen LogP contribution in [0, 0.1) is 10.8 Å². The van der Waals surface area contributed by atoms with Crippen molar-refractivity contribution in [2.75, 3.05) is 26.2 Å². The van der Waals surface area contributed by atoms with E-state index in [-0.39, 0.29) is 44.1 Å². The first-order valence-corrected chi connectivity index (χ1v) is 13.9. The van der Waals surface area contributed by atoms with Crippen molar-refractivity contribution in [1.29, 1.82) is 10.8 Å². The third-order valence-electron chi connectivity index (χ3n) is 6.10. The van der Waals surface area contributed by atoms with Gasteiger partial charge in [0.1, 0.15) is 18.1 Å². The van der Waals surface area contributed by atoms with Crippen LogP contribution in [-0.2, 0) is 19.2 Å². The lowest BCUT2D eigenvalue weighted by molar-refractivity contribution is -0.142. The zero-order valence-electron chi connectivity index (χ0n) is 23.7. The molecule has 0 fully saturated rings. The van der Waals surface area contributed by atoms with Gasteiger partial charge in [-0.3, -0.25) is 25.2 Å². The van der Waals surface area contributed by atoms with Gasteiger partial charge in [-0.1, -0.05) is 0 Å². The van der Waals surface area contributed by atoms with E-state index in [1.54, 1.807) is 0 Å². The Morgan fingerprint density at radius 1 is 0.610 bits per heavy atom. The molecule has 236 valence electrons. The lowest BCUT2D eigenvalue weighted by Gasteiger charge is -2.25. The van der Waals surface area contributed by atoms with E-state index in [1.165, 1.54) is 0 Å². The van der Waals surface area contributed by atoms with Gasteiger partial charge in [0.2, 0.25) is 17.7 Å². The summed E-state index contributed by atoms with van der Waals surface area (Å²) in [4.78, 5) is 50.8. The zero-order valence-corrected chi connectivity index (χ0v) is 23.7. The number of nitrogens with one attached hydrogen (secondary N) is 7. The Labute approximate surface area is 240 Å². The average Bonchev–Trinajstić information content (AvgIpc) is 2.90. The summed E-state index contributed by atoms with van der Waals surface area (Å²) >= 11 is 0. The highest BCUT2D eigenvalue weighted by Crippen LogP contribution is 2.07. The lowest BCUT2D eigenvalue weighted by atomic mass is 10.0. The molecule has 4 atom stereocenters. The first-order valence-electron chi connectivity index (χ1n) is 13.9. The van der Waals surface area contributed by atoms with Crippen molar-refractivity contribution in [2.45, 2.75) is 88.4 Å². The highest BCUT2D eigenvalue weighted by atomic mass is 16.4. The normalized spacial score (nSPS) is 13.6. The van der Waals surface area contributed by atoms with E-state index < -0.39 is 47.9 Å². The number of guanidine groups is 2. The molecule has 0 saturated carbocycles. The van der Waals surface area contributed by atoms with Gasteiger partial charge in [0, 0.05) is 13.1 Å². The van der Waals surface area contributed by atoms with Crippen LogP contribution >= 0.6 is 0 Å². The summed E-state index contributed by atoms with van der Waals surface area (Å²) < 4.78 is 0. The Bertz CT molecular complexity index is 844. The summed E-state index contributed by atoms with van der Waals surface area (Å²) in [5.41, 5.74) is 27.6. The molecule has 0 aliphatic carbocycles. The van der Waals surface area contributed by atoms with Gasteiger partial charge >= 0.3 is 5.97 Å². The molecule has 0 radical (unpaired) electrons. The van der Waals surface area contributed by atoms with Crippen molar-refractivity contribution in [3.05, 3.63) is 0 Å². The van der Waals surface area contributed by atoms with E-state index in [0.29, 0.717) is 58.2 Å². The van der Waals surface area contributed by atoms with Crippen molar-refractivity contribution in [3.63, 3.8) is 0 Å². The molecule has 0 aliphatic heterocycles. The molecule has 0 aromatic heterocycles. The fraction of sp³-hybridized carbons (Fsp3) is 0.750. The van der Waals surface area contributed by atoms with Gasteiger partial charge in [-0.2, -0.15) is 0 Å². The Morgan fingerprint density at radius 2 is 1.00 bits per heavy atom. The highest BCUT2D eigenvalue weighted by Gasteiger charge is 2.30. The molecule has 0 aromatic carbocycles. The van der Waals surface area contributed by atoms with E-state index >= 15 is 0 Å². The number of carboxylic acids is 1. The summed E-state index contributed by atoms with van der Waals surface area (Å²) in [5, 5.41) is 37.0. The van der Waals surface area contributed by atoms with Crippen molar-refractivity contribution in [1.82, 2.24) is 26.6 Å². The van der Waals surface area contributed by atoms with Crippen molar-refractivity contribution < 1.29 is 24.3 Å². The second-order valence-corrected chi connectivity index (χ2v) is 9.66. The Kier molecular flexibility index (Phi) is 20.1. The third-order valence-corrected chi connectivity index (χ3v) is 6.10. The number of amides is 3. The molecule has 0 spiro atoms. The number of unbranched alkanes of at least 4 members (excludes halogenated alkanes) is 2. The summed E-state index contributed by atoms with van der Waals surface area (Å²) in [6.07, 6.45) is 3.80. The second kappa shape index (κ2) is 22.0. The van der Waals surface area contributed by atoms with Gasteiger partial charge in [0.25, 0.3) is 0 Å². The predicted octanol–water partition coefficient (Wildman–Crippen LogP) is -3.36. The van der Waals surface area contributed by atoms with E-state index in [9.17, 15) is 24.3 Å². The Balaban J connectivity index is 5.53. The minimum atomic E-state index is -1.21. The van der Waals surface area contributed by atoms with Crippen molar-refractivity contribution in [3.8, 4) is 0 Å². The largest absolute Gasteiger partial charge is 0.480 e. The molecule has 41 heavy (non-hydrogen) atoms. The van der Waals surface area contributed by atoms with Crippen LogP contribution in [0.3, 0.4) is 0 Å². The van der Waals surface area contributed by atoms with Crippen molar-refractivity contribution in [2.24, 2.45) is 28.7 Å². The molecule has 3 amide bonds. The van der Waals surface area contributed by atoms with E-state index in [2.05, 4.69) is 26.6 Å². The predicted molar refractivity (Wildman–Crippen MR) is 156 cm³/mol. The van der Waals surface area contributed by atoms with Gasteiger partial charge in [-0.15, -0.1) is 0 Å². The molecular weight excluding hydrogens is 536 g/mol. The topological polar surface area (TPSA) is 326 Å². The van der Waals surface area contributed by atoms with Crippen LogP contribution in [0.5, 0.6) is 0 Å². The van der Waals surface area contributed by atoms with Crippen LogP contribution in [0.15, 0.2) is 0 Å². The lowest BCUT2D eigenvalue weighted by Crippen LogP contribution is -2.57. The highest BCUT2D eigenvalue weighted by molar-refractivity contribution is 5.94. The van der Waals surface area contributed by atoms with Gasteiger partial charge in [-0.05, 0) is 77.3 Å². The molecule has 17 heteroatoms. The minimum absolute atomic E-state index is 0.110. The van der Waals surface area contributed by atoms with Crippen LogP contribution in [-0.4, -0.2) is 91.1 Å². The van der Waals surface area contributed by atoms with Gasteiger partial charge in [-0.25, -0.2) is 4.79 Å². The zero-order chi connectivity index (χ0) is 31.2. The Morgan fingerprint density at radius 3 is 1.44 bits per heavy atom. The summed E-state index contributed by atoms with van der Waals surface area (Å²) in [6.45, 7) is 1.38. The number of hydrogen-bond donors (Lipinski definition) is 13. The fourth-order valence-electron chi connectivity index (χ4n) is 3.81. The maximum atomic E-state index is 13.3. The number of carbonyl (C=O) groups is 4. The molecule has 0 aliphatic rings. The third kappa shape index (κ3) is 18.3. The minimum Gasteiger partial charge on any atom is -0.480 e. The van der Waals surface area contributed by atoms with E-state index in [1.807, 2.05) is 0 Å². The summed E-state index contributed by atoms with van der Waals surface area (Å²) in [5.74, 6) is -3.53. The Hall–Kier alpha value is -3.70. The number of hydrogen-bond acceptors (Lipinski definition) is 9. The smallest absolute Gasteiger partial charge is 0.326 e. The number of aliphatic carboxylic acids is 1. The van der Waals surface area contributed by atoms with E-state index in [4.69, 9.17) is 39.5 Å². The summed E-state index contributed by atoms with van der Waals surface area (Å²) in [7, 11) is 0. The van der Waals surface area contributed by atoms with Crippen LogP contribution in [0.4, 0.5) is 0 Å². The first kappa shape index (κ1) is 37.3. The maximum absolute atomic E-state index is 13.3. The molecule has 0 bridgehead atoms. The molecule has 0 heterocycles. The number of carbonyl (C=O) groups excluding carboxylic acids is 3. The van der Waals surface area contributed by atoms with Crippen LogP contribution < -0.4 is 55.3 Å². The molecule has 17 nitrogen and oxygen atoms in total. The maximum Gasteiger partial charge on any atom is 0.326 e. The van der Waals surface area contributed by atoms with Crippen LogP contribution in [0.2, 0.25) is 0 Å². The average molecular weight is 587 g/mol. The number of rotatable bonds is 23. The molecule has 18 N–H and O–H groups in total. The van der Waals surface area contributed by atoms with Crippen LogP contribution in [0.25, 0.3) is 0 Å². The van der Waals surface area contributed by atoms with Gasteiger partial charge in [0.15, 0.2) is 11.9 Å². The molecule has 0 unspecified atom stereocenters. The first-order chi connectivity index (χ1) is 19.4. The van der Waals surface area contributed by atoms with Gasteiger partial charge in [0.05, 0.1) is 6.04 Å². The molecule has 0 aromatic rings. The standard InChI is InChI=1S/C24H50N12O5/c25-11-3-1-8-16(34-19(37)15(27)7-5-13-32-23(28)29)20(38)35-17(10-6-14-33-24(30)31)21(39)36-18(22(40)41)9-2-4-12-26/h15-18H,1-14,25-27H2,(H,34,37)(H,35,38)(H,36,39)(H,40,41)(H4,28,29,32)(H4,30,31,33)/t15-,16-,17-,18-/m0/s1. The van der Waals surface area contributed by atoms with E-state index in [0.717, 1.165) is 0 Å². The second-order valence-electron chi connectivity index (χ2n) is 9.66. The number of carboxylic acid groups (broad SMARTS) is 1.